The van der Waals surface area contributed by atoms with Gasteiger partial charge in [-0.05, 0) is 35.7 Å². The first-order valence-electron chi connectivity index (χ1n) is 7.47. The zero-order valence-electron chi connectivity index (χ0n) is 12.7. The smallest absolute Gasteiger partial charge is 0.250 e. The van der Waals surface area contributed by atoms with Crippen LogP contribution in [0.2, 0.25) is 5.02 Å². The van der Waals surface area contributed by atoms with Crippen molar-refractivity contribution in [3.63, 3.8) is 0 Å². The molecule has 0 aromatic heterocycles. The van der Waals surface area contributed by atoms with Crippen LogP contribution in [0.4, 0.5) is 11.4 Å². The van der Waals surface area contributed by atoms with Crippen molar-refractivity contribution in [3.05, 3.63) is 59.1 Å². The first-order valence-corrected chi connectivity index (χ1v) is 7.85. The van der Waals surface area contributed by atoms with E-state index in [-0.39, 0.29) is 17.9 Å². The molecule has 3 nitrogen and oxygen atoms in total. The first kappa shape index (κ1) is 14.9. The Morgan fingerprint density at radius 2 is 1.82 bits per heavy atom. The van der Waals surface area contributed by atoms with Gasteiger partial charge in [0.15, 0.2) is 0 Å². The van der Waals surface area contributed by atoms with E-state index in [2.05, 4.69) is 19.2 Å². The van der Waals surface area contributed by atoms with E-state index < -0.39 is 0 Å². The van der Waals surface area contributed by atoms with Crippen LogP contribution in [0.15, 0.2) is 48.5 Å². The van der Waals surface area contributed by atoms with Crippen molar-refractivity contribution >= 4 is 28.9 Å². The van der Waals surface area contributed by atoms with Gasteiger partial charge < -0.3 is 10.2 Å². The number of hydrogen-bond acceptors (Lipinski definition) is 2. The Hall–Kier alpha value is -2.00. The van der Waals surface area contributed by atoms with Gasteiger partial charge in [0, 0.05) is 5.02 Å². The molecule has 2 aromatic rings. The molecule has 0 aliphatic carbocycles. The van der Waals surface area contributed by atoms with Crippen LogP contribution in [0.25, 0.3) is 0 Å². The van der Waals surface area contributed by atoms with E-state index in [4.69, 9.17) is 11.6 Å². The summed E-state index contributed by atoms with van der Waals surface area (Å²) in [5.74, 6) is 0.345. The van der Waals surface area contributed by atoms with E-state index in [1.165, 1.54) is 0 Å². The van der Waals surface area contributed by atoms with Gasteiger partial charge in [-0.1, -0.05) is 49.7 Å². The van der Waals surface area contributed by atoms with Crippen LogP contribution in [0.5, 0.6) is 0 Å². The largest absolute Gasteiger partial charge is 0.372 e. The van der Waals surface area contributed by atoms with Crippen molar-refractivity contribution in [2.45, 2.75) is 26.4 Å². The van der Waals surface area contributed by atoms with Crippen LogP contribution < -0.4 is 10.2 Å². The van der Waals surface area contributed by atoms with Crippen molar-refractivity contribution in [2.24, 2.45) is 5.92 Å². The Morgan fingerprint density at radius 3 is 2.50 bits per heavy atom. The van der Waals surface area contributed by atoms with Crippen molar-refractivity contribution in [3.8, 4) is 0 Å². The zero-order chi connectivity index (χ0) is 15.7. The van der Waals surface area contributed by atoms with Crippen molar-refractivity contribution < 1.29 is 4.79 Å². The maximum Gasteiger partial charge on any atom is 0.250 e. The number of halogens is 1. The Labute approximate surface area is 135 Å². The molecule has 4 heteroatoms. The fourth-order valence-electron chi connectivity index (χ4n) is 2.73. The van der Waals surface area contributed by atoms with Gasteiger partial charge in [-0.2, -0.15) is 0 Å². The second kappa shape index (κ2) is 6.01. The quantitative estimate of drug-likeness (QED) is 0.915. The summed E-state index contributed by atoms with van der Waals surface area (Å²) in [6.45, 7) is 4.67. The summed E-state index contributed by atoms with van der Waals surface area (Å²) in [7, 11) is 0. The minimum atomic E-state index is -0.192. The van der Waals surface area contributed by atoms with Crippen LogP contribution in [0.3, 0.4) is 0 Å². The second-order valence-corrected chi connectivity index (χ2v) is 6.37. The minimum absolute atomic E-state index is 0.114. The van der Waals surface area contributed by atoms with Gasteiger partial charge in [0.05, 0.1) is 17.9 Å². The summed E-state index contributed by atoms with van der Waals surface area (Å²) in [6.07, 6.45) is 0. The highest BCUT2D eigenvalue weighted by molar-refractivity contribution is 6.30. The van der Waals surface area contributed by atoms with Gasteiger partial charge in [-0.3, -0.25) is 4.79 Å². The monoisotopic (exact) mass is 314 g/mol. The number of hydrogen-bond donors (Lipinski definition) is 1. The molecule has 1 aliphatic rings. The van der Waals surface area contributed by atoms with Gasteiger partial charge in [0.25, 0.3) is 0 Å². The molecule has 1 N–H and O–H groups in total. The van der Waals surface area contributed by atoms with Crippen LogP contribution in [-0.2, 0) is 11.3 Å². The van der Waals surface area contributed by atoms with Gasteiger partial charge in [0.1, 0.15) is 6.04 Å². The average Bonchev–Trinajstić information content (AvgIpc) is 2.51. The molecule has 1 amide bonds. The lowest BCUT2D eigenvalue weighted by Gasteiger charge is -2.37. The molecular weight excluding hydrogens is 296 g/mol. The SMILES string of the molecule is CC(C)C1Nc2ccccc2N(Cc2ccc(Cl)cc2)C1=O. The molecule has 0 spiro atoms. The highest BCUT2D eigenvalue weighted by Crippen LogP contribution is 2.34. The van der Waals surface area contributed by atoms with E-state index in [1.54, 1.807) is 0 Å². The number of para-hydroxylation sites is 2. The molecule has 22 heavy (non-hydrogen) atoms. The number of carbonyl (C=O) groups excluding carboxylic acids is 1. The molecule has 2 aromatic carbocycles. The molecule has 3 rings (SSSR count). The number of carbonyl (C=O) groups is 1. The van der Waals surface area contributed by atoms with E-state index in [0.717, 1.165) is 16.9 Å². The van der Waals surface area contributed by atoms with Crippen molar-refractivity contribution in [1.29, 1.82) is 0 Å². The molecule has 1 unspecified atom stereocenters. The molecule has 1 aliphatic heterocycles. The molecule has 0 bridgehead atoms. The van der Waals surface area contributed by atoms with Crippen LogP contribution in [-0.4, -0.2) is 11.9 Å². The second-order valence-electron chi connectivity index (χ2n) is 5.93. The highest BCUT2D eigenvalue weighted by atomic mass is 35.5. The number of benzene rings is 2. The number of nitrogens with zero attached hydrogens (tertiary/aromatic N) is 1. The van der Waals surface area contributed by atoms with E-state index >= 15 is 0 Å². The van der Waals surface area contributed by atoms with Gasteiger partial charge >= 0.3 is 0 Å². The summed E-state index contributed by atoms with van der Waals surface area (Å²) >= 11 is 5.94. The third-order valence-corrected chi connectivity index (χ3v) is 4.21. The average molecular weight is 315 g/mol. The fraction of sp³-hybridized carbons (Fsp3) is 0.278. The maximum atomic E-state index is 12.8. The van der Waals surface area contributed by atoms with Crippen LogP contribution >= 0.6 is 11.6 Å². The lowest BCUT2D eigenvalue weighted by molar-refractivity contribution is -0.120. The summed E-state index contributed by atoms with van der Waals surface area (Å²) in [5, 5.41) is 4.06. The summed E-state index contributed by atoms with van der Waals surface area (Å²) < 4.78 is 0. The third-order valence-electron chi connectivity index (χ3n) is 3.96. The summed E-state index contributed by atoms with van der Waals surface area (Å²) in [5.41, 5.74) is 3.01. The van der Waals surface area contributed by atoms with E-state index in [9.17, 15) is 4.79 Å². The number of anilines is 2. The number of fused-ring (bicyclic) bond motifs is 1. The standard InChI is InChI=1S/C18H19ClN2O/c1-12(2)17-18(22)21(11-13-7-9-14(19)10-8-13)16-6-4-3-5-15(16)20-17/h3-10,12,17,20H,11H2,1-2H3. The summed E-state index contributed by atoms with van der Waals surface area (Å²) in [4.78, 5) is 14.7. The highest BCUT2D eigenvalue weighted by Gasteiger charge is 2.33. The third kappa shape index (κ3) is 2.81. The Morgan fingerprint density at radius 1 is 1.14 bits per heavy atom. The van der Waals surface area contributed by atoms with E-state index in [1.807, 2.05) is 53.4 Å². The number of nitrogens with one attached hydrogen (secondary N) is 1. The van der Waals surface area contributed by atoms with Gasteiger partial charge in [0.2, 0.25) is 5.91 Å². The lowest BCUT2D eigenvalue weighted by atomic mass is 9.98. The number of rotatable bonds is 3. The molecule has 0 fully saturated rings. The Kier molecular flexibility index (Phi) is 4.08. The van der Waals surface area contributed by atoms with Crippen LogP contribution in [0.1, 0.15) is 19.4 Å². The molecule has 0 saturated heterocycles. The summed E-state index contributed by atoms with van der Waals surface area (Å²) in [6, 6.07) is 15.4. The van der Waals surface area contributed by atoms with Gasteiger partial charge in [-0.15, -0.1) is 0 Å². The molecular formula is C18H19ClN2O. The topological polar surface area (TPSA) is 32.3 Å². The maximum absolute atomic E-state index is 12.8. The Balaban J connectivity index is 1.96. The molecule has 0 saturated carbocycles. The lowest BCUT2D eigenvalue weighted by Crippen LogP contribution is -2.49. The minimum Gasteiger partial charge on any atom is -0.372 e. The molecule has 1 heterocycles. The predicted molar refractivity (Wildman–Crippen MR) is 91.3 cm³/mol. The predicted octanol–water partition coefficient (Wildman–Crippen LogP) is 4.32. The van der Waals surface area contributed by atoms with Crippen molar-refractivity contribution in [2.75, 3.05) is 10.2 Å². The van der Waals surface area contributed by atoms with Crippen LogP contribution in [0, 0.1) is 5.92 Å². The van der Waals surface area contributed by atoms with Crippen molar-refractivity contribution in [1.82, 2.24) is 0 Å². The van der Waals surface area contributed by atoms with Gasteiger partial charge in [-0.25, -0.2) is 0 Å². The Bertz CT molecular complexity index is 682. The fourth-order valence-corrected chi connectivity index (χ4v) is 2.86. The van der Waals surface area contributed by atoms with E-state index in [0.29, 0.717) is 11.6 Å². The molecule has 0 radical (unpaired) electrons. The molecule has 114 valence electrons. The normalized spacial score (nSPS) is 17.4. The zero-order valence-corrected chi connectivity index (χ0v) is 13.5. The molecule has 1 atom stereocenters. The first-order chi connectivity index (χ1) is 10.6. The number of amides is 1.